The third-order valence-electron chi connectivity index (χ3n) is 5.67. The Balaban J connectivity index is 0.000000566. The molecule has 0 spiro atoms. The first-order valence-corrected chi connectivity index (χ1v) is 20.0. The van der Waals surface area contributed by atoms with Gasteiger partial charge in [0.2, 0.25) is 0 Å². The Hall–Kier alpha value is -0.933. The van der Waals surface area contributed by atoms with E-state index in [1.807, 2.05) is 12.1 Å². The van der Waals surface area contributed by atoms with Gasteiger partial charge in [0.05, 0.1) is 0 Å². The molecule has 0 N–H and O–H groups in total. The summed E-state index contributed by atoms with van der Waals surface area (Å²) < 4.78 is 0. The molecule has 0 bridgehead atoms. The van der Waals surface area contributed by atoms with Crippen molar-refractivity contribution in [3.05, 3.63) is 107 Å². The van der Waals surface area contributed by atoms with Gasteiger partial charge in [-0.3, -0.25) is 0 Å². The summed E-state index contributed by atoms with van der Waals surface area (Å²) >= 11 is 1.45. The quantitative estimate of drug-likeness (QED) is 0.334. The molecule has 0 saturated heterocycles. The van der Waals surface area contributed by atoms with Crippen molar-refractivity contribution >= 4 is 16.6 Å². The average molecular weight is 702 g/mol. The van der Waals surface area contributed by atoms with Gasteiger partial charge in [-0.1, -0.05) is 90.8 Å². The summed E-state index contributed by atoms with van der Waals surface area (Å²) in [5.41, 5.74) is 8.79. The summed E-state index contributed by atoms with van der Waals surface area (Å²) in [5, 5.41) is 0. The molecule has 2 aromatic carbocycles. The number of hydrogen-bond acceptors (Lipinski definition) is 0. The van der Waals surface area contributed by atoms with E-state index < -0.39 is 0 Å². The second-order valence-electron chi connectivity index (χ2n) is 11.1. The molecule has 0 aliphatic heterocycles. The summed E-state index contributed by atoms with van der Waals surface area (Å²) in [6, 6.07) is 21.0. The van der Waals surface area contributed by atoms with Gasteiger partial charge in [-0.2, -0.15) is 35.5 Å². The van der Waals surface area contributed by atoms with Crippen LogP contribution in [-0.2, 0) is 23.0 Å². The van der Waals surface area contributed by atoms with E-state index in [2.05, 4.69) is 127 Å². The summed E-state index contributed by atoms with van der Waals surface area (Å²) in [5.74, 6) is 0. The van der Waals surface area contributed by atoms with Crippen LogP contribution in [0.3, 0.4) is 0 Å². The van der Waals surface area contributed by atoms with E-state index in [1.54, 1.807) is 0 Å². The Kier molecular flexibility index (Phi) is 15.7. The van der Waals surface area contributed by atoms with Gasteiger partial charge in [-0.15, -0.1) is 46.5 Å². The zero-order valence-electron chi connectivity index (χ0n) is 23.1. The van der Waals surface area contributed by atoms with Gasteiger partial charge in [0.15, 0.2) is 0 Å². The molecule has 0 saturated carbocycles. The van der Waals surface area contributed by atoms with Gasteiger partial charge >= 0.3 is 41.6 Å². The Labute approximate surface area is 248 Å². The Bertz CT molecular complexity index is 993. The molecule has 2 aliphatic carbocycles. The molecule has 36 heavy (non-hydrogen) atoms. The van der Waals surface area contributed by atoms with Crippen LogP contribution in [0.4, 0.5) is 0 Å². The molecule has 4 heteroatoms. The molecule has 0 amide bonds. The zero-order chi connectivity index (χ0) is 25.4. The van der Waals surface area contributed by atoms with E-state index in [0.29, 0.717) is 0 Å². The molecule has 0 unspecified atom stereocenters. The molecule has 192 valence electrons. The third-order valence-corrected chi connectivity index (χ3v) is 5.67. The minimum absolute atomic E-state index is 0. The van der Waals surface area contributed by atoms with Crippen LogP contribution in [-0.4, -0.2) is 5.49 Å². The SMILES string of the molecule is CC(C)(C)C1=CC(c2ccccc2)=[C-]C1.CC(C)(C)C1=CC(c2ccccc2)=[C-]C1.C[Si](C)=[Hf+2].[Cl-].[Cl-]. The van der Waals surface area contributed by atoms with E-state index in [-0.39, 0.29) is 41.1 Å². The maximum Gasteiger partial charge on any atom is -1.00 e. The Morgan fingerprint density at radius 2 is 0.889 bits per heavy atom. The van der Waals surface area contributed by atoms with E-state index in [1.165, 1.54) is 56.4 Å². The van der Waals surface area contributed by atoms with Crippen LogP contribution >= 0.6 is 0 Å². The summed E-state index contributed by atoms with van der Waals surface area (Å²) in [7, 11) is 0. The van der Waals surface area contributed by atoms with Crippen LogP contribution in [0.15, 0.2) is 84.0 Å². The van der Waals surface area contributed by atoms with Gasteiger partial charge < -0.3 is 24.8 Å². The number of rotatable bonds is 2. The first-order chi connectivity index (χ1) is 15.9. The Morgan fingerprint density at radius 3 is 1.11 bits per heavy atom. The maximum absolute atomic E-state index is 3.45. The van der Waals surface area contributed by atoms with Gasteiger partial charge in [0, 0.05) is 0 Å². The van der Waals surface area contributed by atoms with Crippen molar-refractivity contribution in [2.24, 2.45) is 10.8 Å². The van der Waals surface area contributed by atoms with Crippen LogP contribution in [0, 0.1) is 23.0 Å². The monoisotopic (exact) mass is 702 g/mol. The number of benzene rings is 2. The molecule has 2 aliphatic rings. The van der Waals surface area contributed by atoms with Gasteiger partial charge in [0.25, 0.3) is 0 Å². The van der Waals surface area contributed by atoms with Crippen molar-refractivity contribution in [3.63, 3.8) is 0 Å². The minimum atomic E-state index is 0. The first kappa shape index (κ1) is 35.1. The van der Waals surface area contributed by atoms with Crippen molar-refractivity contribution in [3.8, 4) is 0 Å². The molecule has 0 fully saturated rings. The Morgan fingerprint density at radius 1 is 0.611 bits per heavy atom. The van der Waals surface area contributed by atoms with Crippen LogP contribution in [0.5, 0.6) is 0 Å². The summed E-state index contributed by atoms with van der Waals surface area (Å²) in [6.07, 6.45) is 13.4. The largest absolute Gasteiger partial charge is 1.00 e. The van der Waals surface area contributed by atoms with Crippen molar-refractivity contribution in [2.45, 2.75) is 67.5 Å². The van der Waals surface area contributed by atoms with E-state index in [0.717, 1.165) is 12.8 Å². The normalized spacial score (nSPS) is 14.3. The fourth-order valence-electron chi connectivity index (χ4n) is 3.50. The van der Waals surface area contributed by atoms with Crippen LogP contribution < -0.4 is 24.8 Å². The number of halogens is 2. The molecular weight excluding hydrogens is 662 g/mol. The third kappa shape index (κ3) is 12.1. The van der Waals surface area contributed by atoms with Crippen molar-refractivity contribution in [1.82, 2.24) is 0 Å². The molecule has 0 heterocycles. The molecule has 0 nitrogen and oxygen atoms in total. The molecule has 0 radical (unpaired) electrons. The molecule has 4 rings (SSSR count). The van der Waals surface area contributed by atoms with E-state index >= 15 is 0 Å². The second kappa shape index (κ2) is 16.1. The average Bonchev–Trinajstić information content (AvgIpc) is 3.45. The summed E-state index contributed by atoms with van der Waals surface area (Å²) in [4.78, 5) is 0. The number of hydrogen-bond donors (Lipinski definition) is 0. The summed E-state index contributed by atoms with van der Waals surface area (Å²) in [6.45, 7) is 18.2. The van der Waals surface area contributed by atoms with Crippen molar-refractivity contribution < 1.29 is 47.8 Å². The zero-order valence-corrected chi connectivity index (χ0v) is 29.2. The van der Waals surface area contributed by atoms with Crippen LogP contribution in [0.2, 0.25) is 13.1 Å². The number of allylic oxidation sites excluding steroid dienone is 8. The standard InChI is InChI=1S/2C15H17.C2H6Si.2ClH.Hf/c2*1-15(2,3)14-10-9-13(11-14)12-7-5-4-6-8-12;1-3-2;;;/h2*4-8,11H,10H2,1-3H3;1-2H3;2*1H;/q2*-1;;;;+2/p-2. The van der Waals surface area contributed by atoms with Gasteiger partial charge in [-0.25, -0.2) is 0 Å². The van der Waals surface area contributed by atoms with Crippen LogP contribution in [0.1, 0.15) is 65.5 Å². The molecule has 2 aromatic rings. The van der Waals surface area contributed by atoms with Crippen LogP contribution in [0.25, 0.3) is 11.1 Å². The van der Waals surface area contributed by atoms with Crippen molar-refractivity contribution in [2.75, 3.05) is 0 Å². The predicted molar refractivity (Wildman–Crippen MR) is 148 cm³/mol. The first-order valence-electron chi connectivity index (χ1n) is 12.1. The molecule has 0 aromatic heterocycles. The van der Waals surface area contributed by atoms with Gasteiger partial charge in [-0.05, 0) is 10.8 Å². The van der Waals surface area contributed by atoms with Gasteiger partial charge in [0.1, 0.15) is 0 Å². The minimum Gasteiger partial charge on any atom is -1.00 e. The van der Waals surface area contributed by atoms with Crippen molar-refractivity contribution in [1.29, 1.82) is 0 Å². The van der Waals surface area contributed by atoms with E-state index in [4.69, 9.17) is 0 Å². The predicted octanol–water partition coefficient (Wildman–Crippen LogP) is 3.29. The fraction of sp³-hybridized carbons (Fsp3) is 0.375. The fourth-order valence-corrected chi connectivity index (χ4v) is 3.50. The smallest absolute Gasteiger partial charge is 1.00 e. The maximum atomic E-state index is 3.45. The topological polar surface area (TPSA) is 0 Å². The second-order valence-corrected chi connectivity index (χ2v) is 23.9. The molecular formula is C32H40Cl2HfSi-2. The van der Waals surface area contributed by atoms with E-state index in [9.17, 15) is 0 Å². The molecule has 0 atom stereocenters.